The number of rotatable bonds is 3. The molecular weight excluding hydrogens is 264 g/mol. The number of aromatic amines is 1. The number of hydrogen-bond donors (Lipinski definition) is 1. The van der Waals surface area contributed by atoms with Gasteiger partial charge >= 0.3 is 0 Å². The van der Waals surface area contributed by atoms with Gasteiger partial charge in [-0.05, 0) is 36.8 Å². The van der Waals surface area contributed by atoms with E-state index in [-0.39, 0.29) is 10.3 Å². The third kappa shape index (κ3) is 2.94. The molecule has 0 aliphatic carbocycles. The summed E-state index contributed by atoms with van der Waals surface area (Å²) in [6.45, 7) is 1.59. The Morgan fingerprint density at radius 3 is 3.05 bits per heavy atom. The van der Waals surface area contributed by atoms with Crippen LogP contribution in [0, 0.1) is 11.7 Å². The average molecular weight is 276 g/mol. The van der Waals surface area contributed by atoms with Crippen LogP contribution in [0.5, 0.6) is 5.75 Å². The molecule has 0 radical (unpaired) electrons. The van der Waals surface area contributed by atoms with E-state index in [4.69, 9.17) is 17.0 Å². The molecule has 98 valence electrons. The third-order valence-corrected chi connectivity index (χ3v) is 2.69. The molecule has 19 heavy (non-hydrogen) atoms. The summed E-state index contributed by atoms with van der Waals surface area (Å²) in [6.07, 6.45) is 1.53. The topological polar surface area (TPSA) is 72.3 Å². The number of aryl methyl sites for hydroxylation is 1. The standard InChI is InChI=1S/C12H12N4O2S/c1-8-11(17)16(12(19)15-14-8)13-7-9-4-3-5-10(6-9)18-2/h3-7H,1-2H3,(H,15,19)/b13-7-. The van der Waals surface area contributed by atoms with Crippen LogP contribution >= 0.6 is 12.2 Å². The van der Waals surface area contributed by atoms with Crippen LogP contribution in [-0.4, -0.2) is 28.2 Å². The van der Waals surface area contributed by atoms with E-state index in [2.05, 4.69) is 15.3 Å². The first-order valence-electron chi connectivity index (χ1n) is 5.48. The van der Waals surface area contributed by atoms with E-state index in [1.54, 1.807) is 20.1 Å². The summed E-state index contributed by atoms with van der Waals surface area (Å²) in [5, 5.41) is 10.4. The fourth-order valence-corrected chi connectivity index (χ4v) is 1.60. The number of benzene rings is 1. The van der Waals surface area contributed by atoms with Gasteiger partial charge in [0.2, 0.25) is 4.77 Å². The van der Waals surface area contributed by atoms with E-state index < -0.39 is 0 Å². The predicted octanol–water partition coefficient (Wildman–Crippen LogP) is 1.50. The lowest BCUT2D eigenvalue weighted by Crippen LogP contribution is -2.22. The molecule has 0 aliphatic heterocycles. The molecule has 7 heteroatoms. The molecule has 0 saturated heterocycles. The molecule has 0 unspecified atom stereocenters. The van der Waals surface area contributed by atoms with E-state index in [1.165, 1.54) is 6.21 Å². The zero-order valence-electron chi connectivity index (χ0n) is 10.5. The molecule has 1 aromatic carbocycles. The second-order valence-corrected chi connectivity index (χ2v) is 4.14. The van der Waals surface area contributed by atoms with Crippen molar-refractivity contribution in [1.82, 2.24) is 14.9 Å². The highest BCUT2D eigenvalue weighted by Crippen LogP contribution is 2.10. The van der Waals surface area contributed by atoms with Crippen molar-refractivity contribution in [2.24, 2.45) is 5.10 Å². The molecule has 0 spiro atoms. The first-order valence-corrected chi connectivity index (χ1v) is 5.89. The van der Waals surface area contributed by atoms with Gasteiger partial charge in [0.15, 0.2) is 0 Å². The van der Waals surface area contributed by atoms with Crippen LogP contribution in [-0.2, 0) is 0 Å². The highest BCUT2D eigenvalue weighted by molar-refractivity contribution is 7.71. The number of nitrogens with one attached hydrogen (secondary N) is 1. The van der Waals surface area contributed by atoms with Crippen LogP contribution in [0.4, 0.5) is 0 Å². The van der Waals surface area contributed by atoms with Crippen molar-refractivity contribution < 1.29 is 4.74 Å². The molecule has 2 rings (SSSR count). The normalized spacial score (nSPS) is 10.8. The predicted molar refractivity (Wildman–Crippen MR) is 74.4 cm³/mol. The van der Waals surface area contributed by atoms with Crippen molar-refractivity contribution in [3.63, 3.8) is 0 Å². The van der Waals surface area contributed by atoms with Crippen LogP contribution in [0.3, 0.4) is 0 Å². The summed E-state index contributed by atoms with van der Waals surface area (Å²) < 4.78 is 6.35. The summed E-state index contributed by atoms with van der Waals surface area (Å²) in [7, 11) is 1.59. The van der Waals surface area contributed by atoms with Gasteiger partial charge in [-0.25, -0.2) is 0 Å². The number of hydrogen-bond acceptors (Lipinski definition) is 5. The Labute approximate surface area is 114 Å². The van der Waals surface area contributed by atoms with Gasteiger partial charge in [-0.2, -0.15) is 14.9 Å². The van der Waals surface area contributed by atoms with Crippen molar-refractivity contribution in [3.05, 3.63) is 50.6 Å². The highest BCUT2D eigenvalue weighted by Gasteiger charge is 2.00. The maximum absolute atomic E-state index is 11.8. The Bertz CT molecular complexity index is 733. The molecule has 1 heterocycles. The minimum atomic E-state index is -0.345. The van der Waals surface area contributed by atoms with Gasteiger partial charge in [-0.3, -0.25) is 9.89 Å². The van der Waals surface area contributed by atoms with Gasteiger partial charge in [0.1, 0.15) is 11.4 Å². The van der Waals surface area contributed by atoms with E-state index in [0.29, 0.717) is 11.4 Å². The lowest BCUT2D eigenvalue weighted by Gasteiger charge is -2.01. The van der Waals surface area contributed by atoms with Crippen molar-refractivity contribution in [3.8, 4) is 5.75 Å². The molecule has 2 aromatic rings. The minimum absolute atomic E-state index is 0.148. The number of nitrogens with zero attached hydrogens (tertiary/aromatic N) is 3. The molecule has 0 amide bonds. The zero-order chi connectivity index (χ0) is 13.8. The Morgan fingerprint density at radius 2 is 2.32 bits per heavy atom. The van der Waals surface area contributed by atoms with E-state index in [1.807, 2.05) is 18.2 Å². The van der Waals surface area contributed by atoms with Crippen LogP contribution in [0.25, 0.3) is 0 Å². The summed E-state index contributed by atoms with van der Waals surface area (Å²) in [4.78, 5) is 11.8. The molecule has 0 atom stereocenters. The smallest absolute Gasteiger partial charge is 0.296 e. The van der Waals surface area contributed by atoms with Crippen LogP contribution in [0.1, 0.15) is 11.3 Å². The number of H-pyrrole nitrogens is 1. The monoisotopic (exact) mass is 276 g/mol. The highest BCUT2D eigenvalue weighted by atomic mass is 32.1. The molecule has 0 aliphatic rings. The molecule has 1 aromatic heterocycles. The molecule has 0 bridgehead atoms. The minimum Gasteiger partial charge on any atom is -0.497 e. The zero-order valence-corrected chi connectivity index (χ0v) is 11.3. The maximum atomic E-state index is 11.8. The van der Waals surface area contributed by atoms with Crippen molar-refractivity contribution >= 4 is 18.4 Å². The lowest BCUT2D eigenvalue weighted by molar-refractivity contribution is 0.414. The van der Waals surface area contributed by atoms with Gasteiger partial charge in [0.25, 0.3) is 5.56 Å². The molecule has 0 fully saturated rings. The van der Waals surface area contributed by atoms with Gasteiger partial charge in [-0.1, -0.05) is 12.1 Å². The Morgan fingerprint density at radius 1 is 1.53 bits per heavy atom. The first kappa shape index (κ1) is 13.2. The molecule has 1 N–H and O–H groups in total. The van der Waals surface area contributed by atoms with Crippen molar-refractivity contribution in [2.75, 3.05) is 7.11 Å². The number of aromatic nitrogens is 3. The Kier molecular flexibility index (Phi) is 3.86. The average Bonchev–Trinajstić information content (AvgIpc) is 2.43. The molecule has 0 saturated carbocycles. The molecule has 6 nitrogen and oxygen atoms in total. The van der Waals surface area contributed by atoms with Gasteiger partial charge in [0.05, 0.1) is 13.3 Å². The fraction of sp³-hybridized carbons (Fsp3) is 0.167. The lowest BCUT2D eigenvalue weighted by atomic mass is 10.2. The first-order chi connectivity index (χ1) is 9.11. The van der Waals surface area contributed by atoms with Crippen molar-refractivity contribution in [1.29, 1.82) is 0 Å². The van der Waals surface area contributed by atoms with E-state index >= 15 is 0 Å². The quantitative estimate of drug-likeness (QED) is 0.681. The second kappa shape index (κ2) is 5.57. The van der Waals surface area contributed by atoms with Gasteiger partial charge in [-0.15, -0.1) is 0 Å². The number of ether oxygens (including phenoxy) is 1. The SMILES string of the molecule is COc1cccc(/C=N\n2c(=S)[nH]nc(C)c2=O)c1. The van der Waals surface area contributed by atoms with Gasteiger partial charge in [0, 0.05) is 0 Å². The molecular formula is C12H12N4O2S. The summed E-state index contributed by atoms with van der Waals surface area (Å²) in [5.41, 5.74) is 0.759. The third-order valence-electron chi connectivity index (χ3n) is 2.43. The van der Waals surface area contributed by atoms with Crippen molar-refractivity contribution in [2.45, 2.75) is 6.92 Å². The second-order valence-electron chi connectivity index (χ2n) is 3.75. The Balaban J connectivity index is 2.41. The largest absolute Gasteiger partial charge is 0.497 e. The van der Waals surface area contributed by atoms with E-state index in [9.17, 15) is 4.79 Å². The van der Waals surface area contributed by atoms with E-state index in [0.717, 1.165) is 10.2 Å². The van der Waals surface area contributed by atoms with Crippen LogP contribution in [0.2, 0.25) is 0 Å². The van der Waals surface area contributed by atoms with Gasteiger partial charge < -0.3 is 4.74 Å². The summed E-state index contributed by atoms with van der Waals surface area (Å²) in [6, 6.07) is 7.31. The summed E-state index contributed by atoms with van der Waals surface area (Å²) in [5.74, 6) is 0.715. The maximum Gasteiger partial charge on any atom is 0.296 e. The Hall–Kier alpha value is -2.28. The van der Waals surface area contributed by atoms with Crippen LogP contribution in [0.15, 0.2) is 34.2 Å². The fourth-order valence-electron chi connectivity index (χ4n) is 1.42. The van der Waals surface area contributed by atoms with Crippen LogP contribution < -0.4 is 10.3 Å². The number of methoxy groups -OCH3 is 1. The summed E-state index contributed by atoms with van der Waals surface area (Å²) >= 11 is 4.97.